The Hall–Kier alpha value is -1.21. The Bertz CT molecular complexity index is 473. The second kappa shape index (κ2) is 10.7. The molecule has 0 radical (unpaired) electrons. The highest BCUT2D eigenvalue weighted by molar-refractivity contribution is 5.66. The summed E-state index contributed by atoms with van der Waals surface area (Å²) in [4.78, 5) is 25.8. The molecule has 2 N–H and O–H groups in total. The number of hydrogen-bond donors (Lipinski definition) is 2. The van der Waals surface area contributed by atoms with Crippen LogP contribution in [-0.2, 0) is 19.5 Å². The number of carboxylic acids is 1. The third-order valence-electron chi connectivity index (χ3n) is 4.91. The largest absolute Gasteiger partial charge is 0.481 e. The number of unbranched alkanes of at least 4 members (excludes halogenated alkanes) is 3. The van der Waals surface area contributed by atoms with E-state index in [1.165, 1.54) is 19.3 Å². The van der Waals surface area contributed by atoms with Crippen molar-refractivity contribution in [1.29, 1.82) is 0 Å². The second-order valence-corrected chi connectivity index (χ2v) is 6.86. The van der Waals surface area contributed by atoms with Gasteiger partial charge in [0.15, 0.2) is 0 Å². The molecule has 25 heavy (non-hydrogen) atoms. The fourth-order valence-corrected chi connectivity index (χ4v) is 3.53. The summed E-state index contributed by atoms with van der Waals surface area (Å²) in [5, 5.41) is 17.8. The molecule has 1 heterocycles. The van der Waals surface area contributed by atoms with E-state index in [1.807, 2.05) is 6.08 Å². The molecule has 1 saturated heterocycles. The summed E-state index contributed by atoms with van der Waals surface area (Å²) in [6.45, 7) is 2.20. The number of carbonyl (C=O) groups is 1. The maximum absolute atomic E-state index is 10.6. The summed E-state index contributed by atoms with van der Waals surface area (Å²) in [5.41, 5.74) is 1.10. The van der Waals surface area contributed by atoms with Crippen LogP contribution >= 0.6 is 0 Å². The van der Waals surface area contributed by atoms with Crippen molar-refractivity contribution in [3.8, 4) is 0 Å². The molecule has 0 aromatic rings. The van der Waals surface area contributed by atoms with Crippen LogP contribution in [0.3, 0.4) is 0 Å². The first kappa shape index (κ1) is 20.1. The van der Waals surface area contributed by atoms with E-state index < -0.39 is 12.1 Å². The van der Waals surface area contributed by atoms with Gasteiger partial charge in [-0.05, 0) is 37.7 Å². The molecule has 4 atom stereocenters. The Balaban J connectivity index is 1.90. The molecule has 6 nitrogen and oxygen atoms in total. The normalized spacial score (nSPS) is 28.2. The van der Waals surface area contributed by atoms with Crippen molar-refractivity contribution in [1.82, 2.24) is 0 Å². The predicted molar refractivity (Wildman–Crippen MR) is 92.8 cm³/mol. The molecule has 1 saturated carbocycles. The van der Waals surface area contributed by atoms with Crippen molar-refractivity contribution in [2.24, 2.45) is 5.92 Å². The molecule has 2 aliphatic rings. The molecule has 1 aliphatic heterocycles. The minimum absolute atomic E-state index is 0.0508. The van der Waals surface area contributed by atoms with Crippen LogP contribution in [0.4, 0.5) is 0 Å². The van der Waals surface area contributed by atoms with Crippen molar-refractivity contribution >= 4 is 5.97 Å². The molecular formula is C19H30O6. The fraction of sp³-hybridized carbons (Fsp3) is 0.737. The number of hydrogen-bond acceptors (Lipinski definition) is 5. The molecule has 0 aromatic heterocycles. The van der Waals surface area contributed by atoms with Gasteiger partial charge in [-0.2, -0.15) is 0 Å². The molecule has 2 rings (SSSR count). The number of rotatable bonds is 12. The quantitative estimate of drug-likeness (QED) is 0.236. The van der Waals surface area contributed by atoms with Gasteiger partial charge in [0.1, 0.15) is 18.3 Å². The van der Waals surface area contributed by atoms with Gasteiger partial charge in [0.2, 0.25) is 0 Å². The van der Waals surface area contributed by atoms with Gasteiger partial charge in [0.25, 0.3) is 0 Å². The summed E-state index contributed by atoms with van der Waals surface area (Å²) in [6, 6.07) is 0. The monoisotopic (exact) mass is 354 g/mol. The van der Waals surface area contributed by atoms with Gasteiger partial charge < -0.3 is 5.11 Å². The van der Waals surface area contributed by atoms with Gasteiger partial charge in [0.05, 0.1) is 0 Å². The van der Waals surface area contributed by atoms with Gasteiger partial charge in [-0.25, -0.2) is 14.7 Å². The number of aliphatic carboxylic acids is 1. The third-order valence-corrected chi connectivity index (χ3v) is 4.91. The van der Waals surface area contributed by atoms with E-state index >= 15 is 0 Å². The van der Waals surface area contributed by atoms with E-state index in [0.29, 0.717) is 12.8 Å². The maximum atomic E-state index is 10.6. The van der Waals surface area contributed by atoms with E-state index in [0.717, 1.165) is 24.8 Å². The average Bonchev–Trinajstić information content (AvgIpc) is 3.18. The SMILES string of the molecule is CCCCC/C=C/CC1/C(=C/C(CCCC(=O)O)OO)C2CC1OO2. The van der Waals surface area contributed by atoms with Crippen molar-refractivity contribution in [2.75, 3.05) is 0 Å². The van der Waals surface area contributed by atoms with E-state index in [9.17, 15) is 4.79 Å². The van der Waals surface area contributed by atoms with Crippen molar-refractivity contribution < 1.29 is 29.8 Å². The predicted octanol–water partition coefficient (Wildman–Crippen LogP) is 4.27. The lowest BCUT2D eigenvalue weighted by Gasteiger charge is -2.24. The number of allylic oxidation sites excluding steroid dienone is 2. The van der Waals surface area contributed by atoms with Crippen LogP contribution < -0.4 is 0 Å². The Kier molecular flexibility index (Phi) is 8.61. The van der Waals surface area contributed by atoms with Crippen LogP contribution in [0, 0.1) is 5.92 Å². The van der Waals surface area contributed by atoms with E-state index in [1.54, 1.807) is 0 Å². The minimum Gasteiger partial charge on any atom is -0.481 e. The van der Waals surface area contributed by atoms with Gasteiger partial charge >= 0.3 is 5.97 Å². The van der Waals surface area contributed by atoms with Crippen molar-refractivity contribution in [3.05, 3.63) is 23.8 Å². The molecule has 142 valence electrons. The lowest BCUT2D eigenvalue weighted by Crippen LogP contribution is -2.24. The smallest absolute Gasteiger partial charge is 0.303 e. The molecule has 4 unspecified atom stereocenters. The molecule has 0 amide bonds. The van der Waals surface area contributed by atoms with E-state index in [4.69, 9.17) is 20.1 Å². The van der Waals surface area contributed by atoms with Crippen LogP contribution in [0.1, 0.15) is 64.7 Å². The van der Waals surface area contributed by atoms with Crippen molar-refractivity contribution in [3.63, 3.8) is 0 Å². The molecule has 0 aromatic carbocycles. The standard InChI is InChI=1S/C19H30O6/c1-2-3-4-5-6-7-10-15-16(18-13-17(15)24-25-18)12-14(23-22)9-8-11-19(20)21/h6-7,12,14-15,17-18,22H,2-5,8-11,13H2,1H3,(H,20,21)/b7-6+,16-12-. The van der Waals surface area contributed by atoms with Crippen LogP contribution in [0.2, 0.25) is 0 Å². The topological polar surface area (TPSA) is 85.2 Å². The van der Waals surface area contributed by atoms with E-state index in [-0.39, 0.29) is 24.5 Å². The fourth-order valence-electron chi connectivity index (χ4n) is 3.53. The average molecular weight is 354 g/mol. The Morgan fingerprint density at radius 1 is 1.32 bits per heavy atom. The van der Waals surface area contributed by atoms with Crippen LogP contribution in [0.15, 0.2) is 23.8 Å². The summed E-state index contributed by atoms with van der Waals surface area (Å²) >= 11 is 0. The molecular weight excluding hydrogens is 324 g/mol. The first-order valence-electron chi connectivity index (χ1n) is 9.36. The first-order chi connectivity index (χ1) is 12.2. The first-order valence-corrected chi connectivity index (χ1v) is 9.36. The van der Waals surface area contributed by atoms with Crippen LogP contribution in [0.5, 0.6) is 0 Å². The second-order valence-electron chi connectivity index (χ2n) is 6.86. The lowest BCUT2D eigenvalue weighted by molar-refractivity contribution is -0.313. The third kappa shape index (κ3) is 6.22. The summed E-state index contributed by atoms with van der Waals surface area (Å²) in [7, 11) is 0. The molecule has 2 fully saturated rings. The van der Waals surface area contributed by atoms with Gasteiger partial charge in [0, 0.05) is 18.8 Å². The van der Waals surface area contributed by atoms with Gasteiger partial charge in [-0.15, -0.1) is 0 Å². The van der Waals surface area contributed by atoms with Crippen molar-refractivity contribution in [2.45, 2.75) is 83.0 Å². The molecule has 6 heteroatoms. The molecule has 0 spiro atoms. The van der Waals surface area contributed by atoms with Crippen LogP contribution in [0.25, 0.3) is 0 Å². The minimum atomic E-state index is -0.841. The van der Waals surface area contributed by atoms with Gasteiger partial charge in [-0.3, -0.25) is 10.1 Å². The lowest BCUT2D eigenvalue weighted by atomic mass is 9.93. The Labute approximate surface area is 149 Å². The summed E-state index contributed by atoms with van der Waals surface area (Å²) in [5.74, 6) is -0.606. The highest BCUT2D eigenvalue weighted by Gasteiger charge is 2.46. The zero-order valence-electron chi connectivity index (χ0n) is 14.9. The molecule has 1 aliphatic carbocycles. The number of fused-ring (bicyclic) bond motifs is 2. The van der Waals surface area contributed by atoms with E-state index in [2.05, 4.69) is 24.0 Å². The highest BCUT2D eigenvalue weighted by Crippen LogP contribution is 2.44. The summed E-state index contributed by atoms with van der Waals surface area (Å²) < 4.78 is 0. The number of carboxylic acid groups (broad SMARTS) is 1. The Morgan fingerprint density at radius 2 is 2.16 bits per heavy atom. The summed E-state index contributed by atoms with van der Waals surface area (Å²) in [6.07, 6.45) is 13.3. The zero-order valence-corrected chi connectivity index (χ0v) is 14.9. The Morgan fingerprint density at radius 3 is 2.88 bits per heavy atom. The highest BCUT2D eigenvalue weighted by atomic mass is 17.2. The zero-order chi connectivity index (χ0) is 18.1. The van der Waals surface area contributed by atoms with Gasteiger partial charge in [-0.1, -0.05) is 38.0 Å². The molecule has 2 bridgehead atoms. The maximum Gasteiger partial charge on any atom is 0.303 e. The van der Waals surface area contributed by atoms with Crippen LogP contribution in [-0.4, -0.2) is 34.6 Å².